The molecule has 1 saturated heterocycles. The molecule has 5 heteroatoms. The third-order valence-electron chi connectivity index (χ3n) is 6.11. The lowest BCUT2D eigenvalue weighted by molar-refractivity contribution is 0.137. The van der Waals surface area contributed by atoms with Crippen molar-refractivity contribution in [1.29, 1.82) is 0 Å². The van der Waals surface area contributed by atoms with E-state index < -0.39 is 0 Å². The van der Waals surface area contributed by atoms with Crippen molar-refractivity contribution >= 4 is 0 Å². The van der Waals surface area contributed by atoms with E-state index in [2.05, 4.69) is 48.2 Å². The summed E-state index contributed by atoms with van der Waals surface area (Å²) in [4.78, 5) is 2.30. The van der Waals surface area contributed by atoms with E-state index in [4.69, 9.17) is 14.2 Å². The summed E-state index contributed by atoms with van der Waals surface area (Å²) >= 11 is 0. The zero-order valence-corrected chi connectivity index (χ0v) is 18.4. The Labute approximate surface area is 188 Å². The summed E-state index contributed by atoms with van der Waals surface area (Å²) in [6, 6.07) is 19.5. The summed E-state index contributed by atoms with van der Waals surface area (Å²) in [5, 5.41) is 0. The zero-order valence-electron chi connectivity index (χ0n) is 18.4. The number of hydrogen-bond acceptors (Lipinski definition) is 4. The first-order chi connectivity index (χ1) is 15.7. The van der Waals surface area contributed by atoms with Crippen LogP contribution in [0.3, 0.4) is 0 Å². The monoisotopic (exact) mass is 433 g/mol. The van der Waals surface area contributed by atoms with Crippen LogP contribution in [0.4, 0.5) is 4.39 Å². The highest BCUT2D eigenvalue weighted by molar-refractivity contribution is 5.72. The van der Waals surface area contributed by atoms with E-state index in [0.29, 0.717) is 26.3 Å². The molecule has 0 N–H and O–H groups in total. The molecule has 0 spiro atoms. The molecule has 3 aromatic carbocycles. The van der Waals surface area contributed by atoms with E-state index in [-0.39, 0.29) is 11.9 Å². The zero-order chi connectivity index (χ0) is 21.9. The third kappa shape index (κ3) is 4.64. The summed E-state index contributed by atoms with van der Waals surface area (Å²) in [5.41, 5.74) is 5.57. The molecule has 2 aliphatic heterocycles. The average molecular weight is 434 g/mol. The van der Waals surface area contributed by atoms with Crippen molar-refractivity contribution in [3.05, 3.63) is 83.2 Å². The molecule has 0 aromatic heterocycles. The number of nitrogens with zero attached hydrogens (tertiary/aromatic N) is 1. The molecule has 3 aromatic rings. The van der Waals surface area contributed by atoms with Crippen LogP contribution in [0.15, 0.2) is 60.7 Å². The first kappa shape index (κ1) is 21.0. The summed E-state index contributed by atoms with van der Waals surface area (Å²) in [7, 11) is 0. The minimum Gasteiger partial charge on any atom is -0.488 e. The highest BCUT2D eigenvalue weighted by Gasteiger charge is 2.25. The first-order valence-electron chi connectivity index (χ1n) is 11.2. The largest absolute Gasteiger partial charge is 0.488 e. The van der Waals surface area contributed by atoms with Crippen LogP contribution in [-0.2, 0) is 17.8 Å². The van der Waals surface area contributed by atoms with Gasteiger partial charge in [-0.2, -0.15) is 0 Å². The van der Waals surface area contributed by atoms with Crippen LogP contribution in [0.2, 0.25) is 0 Å². The van der Waals surface area contributed by atoms with Crippen molar-refractivity contribution in [2.24, 2.45) is 0 Å². The van der Waals surface area contributed by atoms with Crippen molar-refractivity contribution < 1.29 is 18.6 Å². The second-order valence-corrected chi connectivity index (χ2v) is 8.57. The first-order valence-corrected chi connectivity index (χ1v) is 11.2. The summed E-state index contributed by atoms with van der Waals surface area (Å²) < 4.78 is 31.8. The van der Waals surface area contributed by atoms with Crippen LogP contribution in [0.25, 0.3) is 11.1 Å². The van der Waals surface area contributed by atoms with Crippen LogP contribution >= 0.6 is 0 Å². The fraction of sp³-hybridized carbons (Fsp3) is 0.333. The Morgan fingerprint density at radius 1 is 1.06 bits per heavy atom. The quantitative estimate of drug-likeness (QED) is 0.542. The Hall–Kier alpha value is -2.89. The summed E-state index contributed by atoms with van der Waals surface area (Å²) in [6.45, 7) is 6.16. The van der Waals surface area contributed by atoms with Crippen LogP contribution in [0.5, 0.6) is 11.5 Å². The standard InChI is InChI=1S/C27H28FNO3/c1-19-5-2-3-8-25(19)21-14-22-17-29(16-20-6-4-7-23(28)13-20)10-12-31-27(22)26(15-21)32-24-9-11-30-18-24/h2-8,13-15,24H,9-12,16-18H2,1H3. The molecule has 0 radical (unpaired) electrons. The Balaban J connectivity index is 1.50. The van der Waals surface area contributed by atoms with Gasteiger partial charge in [0.25, 0.3) is 0 Å². The van der Waals surface area contributed by atoms with E-state index in [1.165, 1.54) is 17.2 Å². The van der Waals surface area contributed by atoms with Crippen molar-refractivity contribution in [2.75, 3.05) is 26.4 Å². The summed E-state index contributed by atoms with van der Waals surface area (Å²) in [6.07, 6.45) is 0.927. The van der Waals surface area contributed by atoms with Gasteiger partial charge in [0.2, 0.25) is 0 Å². The van der Waals surface area contributed by atoms with E-state index in [1.54, 1.807) is 12.1 Å². The van der Waals surface area contributed by atoms with Crippen LogP contribution in [0.1, 0.15) is 23.1 Å². The van der Waals surface area contributed by atoms with Crippen LogP contribution < -0.4 is 9.47 Å². The normalized spacial score (nSPS) is 18.6. The lowest BCUT2D eigenvalue weighted by Crippen LogP contribution is -2.25. The van der Waals surface area contributed by atoms with Gasteiger partial charge in [-0.1, -0.05) is 36.4 Å². The summed E-state index contributed by atoms with van der Waals surface area (Å²) in [5.74, 6) is 1.39. The van der Waals surface area contributed by atoms with Gasteiger partial charge in [0.1, 0.15) is 18.5 Å². The van der Waals surface area contributed by atoms with Gasteiger partial charge in [-0.25, -0.2) is 4.39 Å². The van der Waals surface area contributed by atoms with Crippen molar-refractivity contribution in [2.45, 2.75) is 32.5 Å². The Morgan fingerprint density at radius 3 is 2.78 bits per heavy atom. The molecule has 5 rings (SSSR count). The molecule has 32 heavy (non-hydrogen) atoms. The van der Waals surface area contributed by atoms with Gasteiger partial charge >= 0.3 is 0 Å². The SMILES string of the molecule is Cc1ccccc1-c1cc2c(c(OC3CCOC3)c1)OCCN(Cc1cccc(F)c1)C2. The Kier molecular flexibility index (Phi) is 6.10. The van der Waals surface area contributed by atoms with Gasteiger partial charge in [0.15, 0.2) is 11.5 Å². The van der Waals surface area contributed by atoms with Gasteiger partial charge in [0.05, 0.1) is 13.2 Å². The molecule has 0 aliphatic carbocycles. The van der Waals surface area contributed by atoms with Gasteiger partial charge in [-0.15, -0.1) is 0 Å². The maximum absolute atomic E-state index is 13.7. The molecular formula is C27H28FNO3. The molecule has 2 aliphatic rings. The lowest BCUT2D eigenvalue weighted by atomic mass is 9.97. The Morgan fingerprint density at radius 2 is 1.97 bits per heavy atom. The number of aryl methyl sites for hydroxylation is 1. The predicted molar refractivity (Wildman–Crippen MR) is 122 cm³/mol. The van der Waals surface area contributed by atoms with Crippen LogP contribution in [-0.4, -0.2) is 37.4 Å². The predicted octanol–water partition coefficient (Wildman–Crippen LogP) is 5.36. The molecule has 2 heterocycles. The fourth-order valence-electron chi connectivity index (χ4n) is 4.49. The maximum atomic E-state index is 13.7. The highest BCUT2D eigenvalue weighted by atomic mass is 19.1. The molecule has 0 bridgehead atoms. The van der Waals surface area contributed by atoms with E-state index in [1.807, 2.05) is 6.07 Å². The minimum absolute atomic E-state index is 0.0430. The number of rotatable bonds is 5. The van der Waals surface area contributed by atoms with E-state index in [9.17, 15) is 4.39 Å². The number of ether oxygens (including phenoxy) is 3. The minimum atomic E-state index is -0.203. The van der Waals surface area contributed by atoms with Gasteiger partial charge in [-0.05, 0) is 53.4 Å². The maximum Gasteiger partial charge on any atom is 0.165 e. The van der Waals surface area contributed by atoms with Crippen molar-refractivity contribution in [1.82, 2.24) is 4.90 Å². The molecule has 1 fully saturated rings. The van der Waals surface area contributed by atoms with Gasteiger partial charge < -0.3 is 14.2 Å². The topological polar surface area (TPSA) is 30.9 Å². The lowest BCUT2D eigenvalue weighted by Gasteiger charge is -2.21. The van der Waals surface area contributed by atoms with E-state index in [0.717, 1.165) is 47.8 Å². The smallest absolute Gasteiger partial charge is 0.165 e. The average Bonchev–Trinajstić information content (AvgIpc) is 3.20. The van der Waals surface area contributed by atoms with Gasteiger partial charge in [0, 0.05) is 31.6 Å². The molecule has 0 saturated carbocycles. The number of halogens is 1. The van der Waals surface area contributed by atoms with Crippen LogP contribution in [0, 0.1) is 12.7 Å². The molecule has 1 atom stereocenters. The molecule has 0 amide bonds. The number of fused-ring (bicyclic) bond motifs is 1. The second kappa shape index (κ2) is 9.31. The van der Waals surface area contributed by atoms with E-state index >= 15 is 0 Å². The molecular weight excluding hydrogens is 405 g/mol. The van der Waals surface area contributed by atoms with Crippen molar-refractivity contribution in [3.8, 4) is 22.6 Å². The number of benzene rings is 3. The van der Waals surface area contributed by atoms with Crippen molar-refractivity contribution in [3.63, 3.8) is 0 Å². The third-order valence-corrected chi connectivity index (χ3v) is 6.11. The second-order valence-electron chi connectivity index (χ2n) is 8.57. The number of hydrogen-bond donors (Lipinski definition) is 0. The molecule has 4 nitrogen and oxygen atoms in total. The molecule has 166 valence electrons. The van der Waals surface area contributed by atoms with Gasteiger partial charge in [-0.3, -0.25) is 4.90 Å². The highest BCUT2D eigenvalue weighted by Crippen LogP contribution is 2.40. The molecule has 1 unspecified atom stereocenters. The Bertz CT molecular complexity index is 1090. The fourth-order valence-corrected chi connectivity index (χ4v) is 4.49.